The highest BCUT2D eigenvalue weighted by Crippen LogP contribution is 2.24. The summed E-state index contributed by atoms with van der Waals surface area (Å²) in [6, 6.07) is 15.5. The summed E-state index contributed by atoms with van der Waals surface area (Å²) in [5.74, 6) is 0.911. The van der Waals surface area contributed by atoms with E-state index in [1.807, 2.05) is 18.2 Å². The largest absolute Gasteiger partial charge is 0.497 e. The smallest absolute Gasteiger partial charge is 0.163 e. The minimum atomic E-state index is 0.0419. The Bertz CT molecular complexity index is 609. The molecule has 0 amide bonds. The Balaban J connectivity index is 2.11. The fourth-order valence-electron chi connectivity index (χ4n) is 2.25. The van der Waals surface area contributed by atoms with Gasteiger partial charge in [0, 0.05) is 17.9 Å². The minimum absolute atomic E-state index is 0.0419. The number of benzene rings is 2. The summed E-state index contributed by atoms with van der Waals surface area (Å²) in [6.45, 7) is 5.91. The Morgan fingerprint density at radius 3 is 2.29 bits per heavy atom. The number of hydrogen-bond acceptors (Lipinski definition) is 2. The Morgan fingerprint density at radius 1 is 1.14 bits per heavy atom. The van der Waals surface area contributed by atoms with Crippen molar-refractivity contribution in [2.24, 2.45) is 0 Å². The Labute approximate surface area is 126 Å². The Hall–Kier alpha value is -2.35. The van der Waals surface area contributed by atoms with E-state index in [-0.39, 0.29) is 11.7 Å². The Morgan fingerprint density at radius 2 is 1.76 bits per heavy atom. The lowest BCUT2D eigenvalue weighted by atomic mass is 9.91. The van der Waals surface area contributed by atoms with Crippen LogP contribution in [0.25, 0.3) is 0 Å². The molecule has 2 heteroatoms. The first kappa shape index (κ1) is 15.0. The molecule has 2 nitrogen and oxygen atoms in total. The number of aryl methyl sites for hydroxylation is 1. The van der Waals surface area contributed by atoms with E-state index >= 15 is 0 Å². The zero-order valence-corrected chi connectivity index (χ0v) is 12.5. The highest BCUT2D eigenvalue weighted by atomic mass is 16.5. The van der Waals surface area contributed by atoms with Gasteiger partial charge in [0.25, 0.3) is 0 Å². The number of methoxy groups -OCH3 is 1. The summed E-state index contributed by atoms with van der Waals surface area (Å²) in [6.07, 6.45) is 2.27. The van der Waals surface area contributed by atoms with Gasteiger partial charge >= 0.3 is 0 Å². The highest BCUT2D eigenvalue weighted by Gasteiger charge is 2.14. The van der Waals surface area contributed by atoms with Crippen molar-refractivity contribution in [2.75, 3.05) is 7.11 Å². The van der Waals surface area contributed by atoms with Crippen molar-refractivity contribution in [2.45, 2.75) is 19.3 Å². The van der Waals surface area contributed by atoms with E-state index in [0.29, 0.717) is 12.0 Å². The van der Waals surface area contributed by atoms with Crippen LogP contribution >= 0.6 is 0 Å². The van der Waals surface area contributed by atoms with Gasteiger partial charge < -0.3 is 4.74 Å². The minimum Gasteiger partial charge on any atom is -0.497 e. The summed E-state index contributed by atoms with van der Waals surface area (Å²) in [5, 5.41) is 0. The molecular formula is C19H20O2. The molecule has 108 valence electrons. The van der Waals surface area contributed by atoms with Gasteiger partial charge in [-0.25, -0.2) is 0 Å². The first-order valence-electron chi connectivity index (χ1n) is 7.00. The van der Waals surface area contributed by atoms with Crippen LogP contribution in [0.15, 0.2) is 61.2 Å². The highest BCUT2D eigenvalue weighted by molar-refractivity contribution is 5.96. The normalized spacial score (nSPS) is 11.7. The molecule has 0 saturated heterocycles. The summed E-state index contributed by atoms with van der Waals surface area (Å²) in [4.78, 5) is 12.4. The lowest BCUT2D eigenvalue weighted by molar-refractivity contribution is 0.0978. The first-order valence-corrected chi connectivity index (χ1v) is 7.00. The van der Waals surface area contributed by atoms with Crippen LogP contribution in [0, 0.1) is 6.92 Å². The van der Waals surface area contributed by atoms with Gasteiger partial charge in [-0.1, -0.05) is 35.9 Å². The van der Waals surface area contributed by atoms with Crippen molar-refractivity contribution in [3.05, 3.63) is 77.9 Å². The number of carbonyl (C=O) groups is 1. The second-order valence-corrected chi connectivity index (χ2v) is 5.11. The van der Waals surface area contributed by atoms with Crippen LogP contribution in [0.5, 0.6) is 5.75 Å². The predicted octanol–water partition coefficient (Wildman–Crippen LogP) is 4.55. The standard InChI is InChI=1S/C19H20O2/c1-4-15(16-7-5-14(2)6-8-16)13-19(20)17-9-11-18(21-3)12-10-17/h4-12,15H,1,13H2,2-3H3/t15-/m0/s1. The molecule has 21 heavy (non-hydrogen) atoms. The van der Waals surface area contributed by atoms with Crippen molar-refractivity contribution in [1.29, 1.82) is 0 Å². The molecule has 0 N–H and O–H groups in total. The maximum absolute atomic E-state index is 12.4. The molecule has 0 fully saturated rings. The third-order valence-electron chi connectivity index (χ3n) is 3.61. The average molecular weight is 280 g/mol. The molecule has 0 heterocycles. The molecule has 0 saturated carbocycles. The topological polar surface area (TPSA) is 26.3 Å². The number of carbonyl (C=O) groups excluding carboxylic acids is 1. The van der Waals surface area contributed by atoms with Crippen LogP contribution in [-0.2, 0) is 0 Å². The van der Waals surface area contributed by atoms with Gasteiger partial charge in [-0.15, -0.1) is 6.58 Å². The lowest BCUT2D eigenvalue weighted by Crippen LogP contribution is -2.06. The van der Waals surface area contributed by atoms with Crippen LogP contribution in [0.3, 0.4) is 0 Å². The maximum Gasteiger partial charge on any atom is 0.163 e. The van der Waals surface area contributed by atoms with Crippen molar-refractivity contribution in [1.82, 2.24) is 0 Å². The van der Waals surface area contributed by atoms with E-state index in [1.54, 1.807) is 19.2 Å². The summed E-state index contributed by atoms with van der Waals surface area (Å²) in [5.41, 5.74) is 3.04. The first-order chi connectivity index (χ1) is 10.1. The predicted molar refractivity (Wildman–Crippen MR) is 86.1 cm³/mol. The zero-order chi connectivity index (χ0) is 15.2. The molecule has 2 aromatic rings. The maximum atomic E-state index is 12.4. The molecule has 2 rings (SSSR count). The van der Waals surface area contributed by atoms with E-state index in [9.17, 15) is 4.79 Å². The molecule has 0 bridgehead atoms. The number of ether oxygens (including phenoxy) is 1. The van der Waals surface area contributed by atoms with Crippen LogP contribution < -0.4 is 4.74 Å². The van der Waals surface area contributed by atoms with E-state index in [4.69, 9.17) is 4.74 Å². The van der Waals surface area contributed by atoms with Crippen LogP contribution in [0.1, 0.15) is 33.8 Å². The van der Waals surface area contributed by atoms with Crippen LogP contribution in [0.2, 0.25) is 0 Å². The molecule has 0 spiro atoms. The van der Waals surface area contributed by atoms with Gasteiger partial charge in [0.05, 0.1) is 7.11 Å². The van der Waals surface area contributed by atoms with Crippen molar-refractivity contribution in [3.63, 3.8) is 0 Å². The summed E-state index contributed by atoms with van der Waals surface area (Å²) < 4.78 is 5.10. The second kappa shape index (κ2) is 6.89. The zero-order valence-electron chi connectivity index (χ0n) is 12.5. The van der Waals surface area contributed by atoms with Gasteiger partial charge in [0.15, 0.2) is 5.78 Å². The fourth-order valence-corrected chi connectivity index (χ4v) is 2.25. The van der Waals surface area contributed by atoms with Gasteiger partial charge in [-0.2, -0.15) is 0 Å². The van der Waals surface area contributed by atoms with E-state index in [1.165, 1.54) is 5.56 Å². The van der Waals surface area contributed by atoms with E-state index in [0.717, 1.165) is 11.3 Å². The van der Waals surface area contributed by atoms with Crippen molar-refractivity contribution in [3.8, 4) is 5.75 Å². The molecular weight excluding hydrogens is 260 g/mol. The third-order valence-corrected chi connectivity index (χ3v) is 3.61. The van der Waals surface area contributed by atoms with Crippen molar-refractivity contribution < 1.29 is 9.53 Å². The molecule has 0 aliphatic heterocycles. The fraction of sp³-hybridized carbons (Fsp3) is 0.211. The van der Waals surface area contributed by atoms with E-state index < -0.39 is 0 Å². The van der Waals surface area contributed by atoms with Crippen LogP contribution in [-0.4, -0.2) is 12.9 Å². The van der Waals surface area contributed by atoms with Crippen molar-refractivity contribution >= 4 is 5.78 Å². The Kier molecular flexibility index (Phi) is 4.94. The molecule has 0 aliphatic carbocycles. The monoisotopic (exact) mass is 280 g/mol. The quantitative estimate of drug-likeness (QED) is 0.573. The molecule has 0 aromatic heterocycles. The number of hydrogen-bond donors (Lipinski definition) is 0. The van der Waals surface area contributed by atoms with Gasteiger partial charge in [0.2, 0.25) is 0 Å². The molecule has 0 unspecified atom stereocenters. The molecule has 0 aliphatic rings. The SMILES string of the molecule is C=C[C@@H](CC(=O)c1ccc(OC)cc1)c1ccc(C)cc1. The summed E-state index contributed by atoms with van der Waals surface area (Å²) in [7, 11) is 1.61. The van der Waals surface area contributed by atoms with Crippen LogP contribution in [0.4, 0.5) is 0 Å². The molecule has 0 radical (unpaired) electrons. The van der Waals surface area contributed by atoms with Gasteiger partial charge in [-0.05, 0) is 36.8 Å². The number of ketones is 1. The average Bonchev–Trinajstić information content (AvgIpc) is 2.53. The second-order valence-electron chi connectivity index (χ2n) is 5.11. The third kappa shape index (κ3) is 3.82. The number of rotatable bonds is 6. The lowest BCUT2D eigenvalue weighted by Gasteiger charge is -2.12. The molecule has 2 aromatic carbocycles. The number of Topliss-reactive ketones (excluding diaryl/α,β-unsaturated/α-hetero) is 1. The molecule has 1 atom stereocenters. The van der Waals surface area contributed by atoms with Gasteiger partial charge in [0.1, 0.15) is 5.75 Å². The summed E-state index contributed by atoms with van der Waals surface area (Å²) >= 11 is 0. The van der Waals surface area contributed by atoms with Gasteiger partial charge in [-0.3, -0.25) is 4.79 Å². The number of allylic oxidation sites excluding steroid dienone is 1. The van der Waals surface area contributed by atoms with E-state index in [2.05, 4.69) is 37.8 Å².